The van der Waals surface area contributed by atoms with Crippen LogP contribution in [0.1, 0.15) is 12.5 Å². The zero-order chi connectivity index (χ0) is 8.97. The van der Waals surface area contributed by atoms with Gasteiger partial charge in [0.2, 0.25) is 0 Å². The summed E-state index contributed by atoms with van der Waals surface area (Å²) >= 11 is 0. The maximum atomic E-state index is 10.4. The Hall–Kier alpha value is -1.38. The molecule has 1 aromatic heterocycles. The van der Waals surface area contributed by atoms with E-state index in [0.717, 1.165) is 5.56 Å². The first-order chi connectivity index (χ1) is 5.70. The highest BCUT2D eigenvalue weighted by Crippen LogP contribution is 2.05. The van der Waals surface area contributed by atoms with Gasteiger partial charge in [-0.15, -0.1) is 0 Å². The van der Waals surface area contributed by atoms with Gasteiger partial charge in [-0.2, -0.15) is 0 Å². The quantitative estimate of drug-likeness (QED) is 0.632. The van der Waals surface area contributed by atoms with E-state index in [4.69, 9.17) is 0 Å². The van der Waals surface area contributed by atoms with Gasteiger partial charge in [-0.1, -0.05) is 6.92 Å². The average Bonchev–Trinajstić information content (AvgIpc) is 2.06. The minimum absolute atomic E-state index is 0.438. The van der Waals surface area contributed by atoms with Gasteiger partial charge < -0.3 is 9.90 Å². The van der Waals surface area contributed by atoms with Crippen LogP contribution in [0.15, 0.2) is 24.5 Å². The Balaban J connectivity index is 2.58. The summed E-state index contributed by atoms with van der Waals surface area (Å²) in [5.41, 5.74) is 0.974. The van der Waals surface area contributed by atoms with Crippen LogP contribution in [0.3, 0.4) is 0 Å². The van der Waals surface area contributed by atoms with Gasteiger partial charge in [0.25, 0.3) is 0 Å². The van der Waals surface area contributed by atoms with Crippen molar-refractivity contribution in [2.24, 2.45) is 5.92 Å². The molecule has 0 aliphatic rings. The second-order valence-corrected chi connectivity index (χ2v) is 2.78. The zero-order valence-corrected chi connectivity index (χ0v) is 6.86. The number of carboxylic acids is 1. The molecule has 0 spiro atoms. The molecule has 3 heteroatoms. The molecule has 12 heavy (non-hydrogen) atoms. The lowest BCUT2D eigenvalue weighted by Gasteiger charge is -2.11. The van der Waals surface area contributed by atoms with E-state index >= 15 is 0 Å². The predicted molar refractivity (Wildman–Crippen MR) is 42.1 cm³/mol. The van der Waals surface area contributed by atoms with E-state index in [1.165, 1.54) is 0 Å². The fourth-order valence-corrected chi connectivity index (χ4v) is 0.956. The number of carbonyl (C=O) groups is 1. The molecule has 64 valence electrons. The molecule has 0 aromatic carbocycles. The molecular weight excluding hydrogens is 154 g/mol. The van der Waals surface area contributed by atoms with Crippen LogP contribution in [-0.4, -0.2) is 11.0 Å². The summed E-state index contributed by atoms with van der Waals surface area (Å²) in [6.07, 6.45) is 3.81. The van der Waals surface area contributed by atoms with Crippen LogP contribution in [0.25, 0.3) is 0 Å². The van der Waals surface area contributed by atoms with Crippen molar-refractivity contribution in [1.29, 1.82) is 0 Å². The third kappa shape index (κ3) is 2.34. The smallest absolute Gasteiger partial charge is 0.0445 e. The highest BCUT2D eigenvalue weighted by Gasteiger charge is 2.02. The van der Waals surface area contributed by atoms with E-state index in [9.17, 15) is 9.90 Å². The van der Waals surface area contributed by atoms with Gasteiger partial charge in [-0.05, 0) is 30.0 Å². The third-order valence-electron chi connectivity index (χ3n) is 1.69. The number of rotatable bonds is 3. The zero-order valence-electron chi connectivity index (χ0n) is 6.86. The normalized spacial score (nSPS) is 12.4. The van der Waals surface area contributed by atoms with Crippen molar-refractivity contribution in [2.45, 2.75) is 13.3 Å². The third-order valence-corrected chi connectivity index (χ3v) is 1.69. The second-order valence-electron chi connectivity index (χ2n) is 2.78. The number of hydrogen-bond donors (Lipinski definition) is 0. The van der Waals surface area contributed by atoms with Crippen LogP contribution in [0.2, 0.25) is 0 Å². The summed E-state index contributed by atoms with van der Waals surface area (Å²) in [7, 11) is 0. The van der Waals surface area contributed by atoms with Crippen LogP contribution in [-0.2, 0) is 11.2 Å². The lowest BCUT2D eigenvalue weighted by molar-refractivity contribution is -0.310. The number of hydrogen-bond acceptors (Lipinski definition) is 3. The van der Waals surface area contributed by atoms with Gasteiger partial charge in [0.1, 0.15) is 0 Å². The standard InChI is InChI=1S/C9H11NO2/c1-7(9(11)12)6-8-2-4-10-5-3-8/h2-5,7H,6H2,1H3,(H,11,12)/p-1. The minimum Gasteiger partial charge on any atom is -0.550 e. The highest BCUT2D eigenvalue weighted by molar-refractivity contribution is 5.67. The Morgan fingerprint density at radius 2 is 2.17 bits per heavy atom. The van der Waals surface area contributed by atoms with Gasteiger partial charge in [-0.25, -0.2) is 0 Å². The largest absolute Gasteiger partial charge is 0.550 e. The average molecular weight is 164 g/mol. The maximum absolute atomic E-state index is 10.4. The Bertz CT molecular complexity index is 258. The summed E-state index contributed by atoms with van der Waals surface area (Å²) in [5, 5.41) is 10.4. The van der Waals surface area contributed by atoms with E-state index in [1.807, 2.05) is 0 Å². The van der Waals surface area contributed by atoms with Crippen LogP contribution >= 0.6 is 0 Å². The number of carboxylic acid groups (broad SMARTS) is 1. The molecule has 0 radical (unpaired) electrons. The van der Waals surface area contributed by atoms with Crippen molar-refractivity contribution < 1.29 is 9.90 Å². The molecule has 0 fully saturated rings. The predicted octanol–water partition coefficient (Wildman–Crippen LogP) is 0.0101. The SMILES string of the molecule is CC(Cc1ccncc1)C(=O)[O-]. The summed E-state index contributed by atoms with van der Waals surface area (Å²) in [5.74, 6) is -1.45. The number of nitrogens with zero attached hydrogens (tertiary/aromatic N) is 1. The van der Waals surface area contributed by atoms with Gasteiger partial charge >= 0.3 is 0 Å². The molecule has 0 saturated carbocycles. The molecule has 0 amide bonds. The fourth-order valence-electron chi connectivity index (χ4n) is 0.956. The van der Waals surface area contributed by atoms with Crippen LogP contribution in [0.5, 0.6) is 0 Å². The molecule has 0 aliphatic carbocycles. The van der Waals surface area contributed by atoms with Crippen LogP contribution in [0.4, 0.5) is 0 Å². The summed E-state index contributed by atoms with van der Waals surface area (Å²) < 4.78 is 0. The van der Waals surface area contributed by atoms with Crippen molar-refractivity contribution in [3.63, 3.8) is 0 Å². The summed E-state index contributed by atoms with van der Waals surface area (Å²) in [4.78, 5) is 14.2. The van der Waals surface area contributed by atoms with Crippen LogP contribution < -0.4 is 5.11 Å². The molecular formula is C9H10NO2-. The molecule has 1 aromatic rings. The molecule has 0 bridgehead atoms. The van der Waals surface area contributed by atoms with E-state index in [2.05, 4.69) is 4.98 Å². The van der Waals surface area contributed by atoms with Crippen LogP contribution in [0, 0.1) is 5.92 Å². The molecule has 0 aliphatic heterocycles. The lowest BCUT2D eigenvalue weighted by Crippen LogP contribution is -2.30. The molecule has 1 rings (SSSR count). The molecule has 0 saturated heterocycles. The summed E-state index contributed by atoms with van der Waals surface area (Å²) in [6, 6.07) is 3.61. The summed E-state index contributed by atoms with van der Waals surface area (Å²) in [6.45, 7) is 1.63. The highest BCUT2D eigenvalue weighted by atomic mass is 16.4. The van der Waals surface area contributed by atoms with E-state index in [0.29, 0.717) is 6.42 Å². The first-order valence-electron chi connectivity index (χ1n) is 3.80. The van der Waals surface area contributed by atoms with Crippen molar-refractivity contribution in [2.75, 3.05) is 0 Å². The maximum Gasteiger partial charge on any atom is 0.0445 e. The minimum atomic E-state index is -1.01. The van der Waals surface area contributed by atoms with E-state index < -0.39 is 11.9 Å². The molecule has 1 atom stereocenters. The lowest BCUT2D eigenvalue weighted by atomic mass is 10.0. The van der Waals surface area contributed by atoms with Crippen molar-refractivity contribution >= 4 is 5.97 Å². The van der Waals surface area contributed by atoms with Gasteiger partial charge in [0.05, 0.1) is 0 Å². The monoisotopic (exact) mass is 164 g/mol. The number of pyridine rings is 1. The Morgan fingerprint density at radius 1 is 1.58 bits per heavy atom. The second kappa shape index (κ2) is 3.85. The van der Waals surface area contributed by atoms with Crippen molar-refractivity contribution in [3.05, 3.63) is 30.1 Å². The topological polar surface area (TPSA) is 53.0 Å². The van der Waals surface area contributed by atoms with Crippen molar-refractivity contribution in [3.8, 4) is 0 Å². The fraction of sp³-hybridized carbons (Fsp3) is 0.333. The van der Waals surface area contributed by atoms with E-state index in [1.54, 1.807) is 31.5 Å². The molecule has 1 unspecified atom stereocenters. The first-order valence-corrected chi connectivity index (χ1v) is 3.80. The van der Waals surface area contributed by atoms with Gasteiger partial charge in [0.15, 0.2) is 0 Å². The molecule has 3 nitrogen and oxygen atoms in total. The number of aromatic nitrogens is 1. The van der Waals surface area contributed by atoms with Gasteiger partial charge in [0, 0.05) is 18.4 Å². The number of aliphatic carboxylic acids is 1. The van der Waals surface area contributed by atoms with Crippen molar-refractivity contribution in [1.82, 2.24) is 4.98 Å². The first kappa shape index (κ1) is 8.71. The Labute approximate surface area is 71.1 Å². The Morgan fingerprint density at radius 3 is 2.67 bits per heavy atom. The van der Waals surface area contributed by atoms with E-state index in [-0.39, 0.29) is 0 Å². The van der Waals surface area contributed by atoms with Gasteiger partial charge in [-0.3, -0.25) is 4.98 Å². The molecule has 0 N–H and O–H groups in total. The molecule has 1 heterocycles. The number of carbonyl (C=O) groups excluding carboxylic acids is 1. The Kier molecular flexibility index (Phi) is 2.80.